The molecule has 15 heavy (non-hydrogen) atoms. The topological polar surface area (TPSA) is 37.3 Å². The van der Waals surface area contributed by atoms with Crippen LogP contribution >= 0.6 is 11.8 Å². The van der Waals surface area contributed by atoms with Gasteiger partial charge in [-0.15, -0.1) is 11.8 Å². The average molecular weight is 224 g/mol. The Hall–Kier alpha value is -0.960. The van der Waals surface area contributed by atoms with E-state index in [1.54, 1.807) is 23.9 Å². The van der Waals surface area contributed by atoms with E-state index in [0.29, 0.717) is 10.8 Å². The summed E-state index contributed by atoms with van der Waals surface area (Å²) in [6, 6.07) is 7.19. The molecule has 82 valence electrons. The predicted octanol–water partition coefficient (Wildman–Crippen LogP) is 3.67. The summed E-state index contributed by atoms with van der Waals surface area (Å²) >= 11 is 1.66. The fourth-order valence-corrected chi connectivity index (χ4v) is 2.51. The molecule has 3 heteroatoms. The minimum Gasteiger partial charge on any atom is -0.478 e. The highest BCUT2D eigenvalue weighted by Crippen LogP contribution is 2.30. The van der Waals surface area contributed by atoms with Crippen molar-refractivity contribution in [1.82, 2.24) is 0 Å². The minimum absolute atomic E-state index is 0.411. The Balaban J connectivity index is 2.88. The minimum atomic E-state index is -0.843. The van der Waals surface area contributed by atoms with E-state index in [-0.39, 0.29) is 0 Å². The van der Waals surface area contributed by atoms with E-state index in [0.717, 1.165) is 17.7 Å². The molecule has 0 atom stereocenters. The third-order valence-electron chi connectivity index (χ3n) is 2.32. The van der Waals surface area contributed by atoms with E-state index in [9.17, 15) is 4.79 Å². The van der Waals surface area contributed by atoms with Gasteiger partial charge in [0.2, 0.25) is 0 Å². The Morgan fingerprint density at radius 1 is 1.33 bits per heavy atom. The molecule has 0 aliphatic heterocycles. The van der Waals surface area contributed by atoms with Crippen molar-refractivity contribution in [2.75, 3.05) is 0 Å². The molecular formula is C12H16O2S. The molecule has 0 spiro atoms. The second-order valence-corrected chi connectivity index (χ2v) is 4.70. The Morgan fingerprint density at radius 3 is 2.47 bits per heavy atom. The van der Waals surface area contributed by atoms with Gasteiger partial charge >= 0.3 is 5.97 Å². The first kappa shape index (κ1) is 12.1. The molecule has 0 aromatic heterocycles. The van der Waals surface area contributed by atoms with Gasteiger partial charge in [0, 0.05) is 10.1 Å². The van der Waals surface area contributed by atoms with Crippen LogP contribution in [0.4, 0.5) is 0 Å². The quantitative estimate of drug-likeness (QED) is 0.775. The van der Waals surface area contributed by atoms with E-state index in [4.69, 9.17) is 5.11 Å². The zero-order valence-corrected chi connectivity index (χ0v) is 9.88. The first-order valence-corrected chi connectivity index (χ1v) is 6.06. The largest absolute Gasteiger partial charge is 0.478 e. The molecule has 0 bridgehead atoms. The van der Waals surface area contributed by atoms with Crippen molar-refractivity contribution >= 4 is 17.7 Å². The molecule has 0 aliphatic carbocycles. The summed E-state index contributed by atoms with van der Waals surface area (Å²) in [7, 11) is 0. The molecule has 2 nitrogen and oxygen atoms in total. The third-order valence-corrected chi connectivity index (χ3v) is 3.93. The van der Waals surface area contributed by atoms with Gasteiger partial charge in [-0.05, 0) is 25.0 Å². The lowest BCUT2D eigenvalue weighted by molar-refractivity contribution is 0.0693. The van der Waals surface area contributed by atoms with Crippen LogP contribution in [0.5, 0.6) is 0 Å². The van der Waals surface area contributed by atoms with Crippen molar-refractivity contribution in [2.45, 2.75) is 36.8 Å². The first-order valence-electron chi connectivity index (χ1n) is 5.18. The first-order chi connectivity index (χ1) is 7.19. The molecule has 0 unspecified atom stereocenters. The summed E-state index contributed by atoms with van der Waals surface area (Å²) < 4.78 is 0. The summed E-state index contributed by atoms with van der Waals surface area (Å²) in [5.74, 6) is -0.843. The smallest absolute Gasteiger partial charge is 0.336 e. The standard InChI is InChI=1S/C12H16O2S/c1-3-9(4-2)15-11-8-6-5-7-10(11)12(13)14/h5-9H,3-4H2,1-2H3,(H,13,14). The molecule has 0 saturated carbocycles. The fourth-order valence-electron chi connectivity index (χ4n) is 1.38. The second kappa shape index (κ2) is 5.81. The van der Waals surface area contributed by atoms with Gasteiger partial charge in [-0.2, -0.15) is 0 Å². The Kier molecular flexibility index (Phi) is 4.69. The second-order valence-electron chi connectivity index (χ2n) is 3.36. The van der Waals surface area contributed by atoms with Gasteiger partial charge in [0.25, 0.3) is 0 Å². The lowest BCUT2D eigenvalue weighted by Gasteiger charge is -2.13. The zero-order chi connectivity index (χ0) is 11.3. The highest BCUT2D eigenvalue weighted by atomic mass is 32.2. The molecule has 0 aliphatic rings. The molecule has 0 radical (unpaired) electrons. The van der Waals surface area contributed by atoms with E-state index >= 15 is 0 Å². The van der Waals surface area contributed by atoms with Gasteiger partial charge in [-0.25, -0.2) is 4.79 Å². The normalized spacial score (nSPS) is 10.6. The number of thioether (sulfide) groups is 1. The van der Waals surface area contributed by atoms with Crippen LogP contribution in [0, 0.1) is 0 Å². The van der Waals surface area contributed by atoms with Crippen LogP contribution in [-0.2, 0) is 0 Å². The molecule has 1 aromatic rings. The lowest BCUT2D eigenvalue weighted by atomic mass is 10.2. The van der Waals surface area contributed by atoms with Crippen LogP contribution in [0.2, 0.25) is 0 Å². The number of carbonyl (C=O) groups is 1. The molecule has 0 heterocycles. The Labute approximate surface area is 94.7 Å². The van der Waals surface area contributed by atoms with Crippen molar-refractivity contribution in [3.05, 3.63) is 29.8 Å². The van der Waals surface area contributed by atoms with Crippen LogP contribution in [-0.4, -0.2) is 16.3 Å². The molecule has 0 amide bonds. The summed E-state index contributed by atoms with van der Waals surface area (Å²) in [6.45, 7) is 4.26. The van der Waals surface area contributed by atoms with Crippen molar-refractivity contribution in [2.24, 2.45) is 0 Å². The maximum Gasteiger partial charge on any atom is 0.336 e. The van der Waals surface area contributed by atoms with E-state index < -0.39 is 5.97 Å². The summed E-state index contributed by atoms with van der Waals surface area (Å²) in [6.07, 6.45) is 2.13. The van der Waals surface area contributed by atoms with Crippen LogP contribution in [0.25, 0.3) is 0 Å². The van der Waals surface area contributed by atoms with Crippen molar-refractivity contribution in [3.8, 4) is 0 Å². The van der Waals surface area contributed by atoms with Gasteiger partial charge in [0.05, 0.1) is 5.56 Å². The number of hydrogen-bond acceptors (Lipinski definition) is 2. The van der Waals surface area contributed by atoms with E-state index in [2.05, 4.69) is 13.8 Å². The number of hydrogen-bond donors (Lipinski definition) is 1. The van der Waals surface area contributed by atoms with Gasteiger partial charge in [-0.1, -0.05) is 26.0 Å². The summed E-state index contributed by atoms with van der Waals surface area (Å²) in [5, 5.41) is 9.52. The molecule has 1 N–H and O–H groups in total. The van der Waals surface area contributed by atoms with Crippen LogP contribution in [0.15, 0.2) is 29.2 Å². The number of carboxylic acid groups (broad SMARTS) is 1. The number of benzene rings is 1. The van der Waals surface area contributed by atoms with Crippen molar-refractivity contribution < 1.29 is 9.90 Å². The fraction of sp³-hybridized carbons (Fsp3) is 0.417. The summed E-state index contributed by atoms with van der Waals surface area (Å²) in [4.78, 5) is 11.8. The van der Waals surface area contributed by atoms with Crippen molar-refractivity contribution in [1.29, 1.82) is 0 Å². The van der Waals surface area contributed by atoms with Gasteiger partial charge in [0.1, 0.15) is 0 Å². The highest BCUT2D eigenvalue weighted by Gasteiger charge is 2.12. The number of rotatable bonds is 5. The Bertz CT molecular complexity index is 332. The molecule has 0 fully saturated rings. The van der Waals surface area contributed by atoms with E-state index in [1.165, 1.54) is 0 Å². The maximum absolute atomic E-state index is 11.0. The van der Waals surface area contributed by atoms with Gasteiger partial charge < -0.3 is 5.11 Å². The SMILES string of the molecule is CCC(CC)Sc1ccccc1C(=O)O. The molecule has 1 aromatic carbocycles. The lowest BCUT2D eigenvalue weighted by Crippen LogP contribution is -2.03. The monoisotopic (exact) mass is 224 g/mol. The predicted molar refractivity (Wildman–Crippen MR) is 63.6 cm³/mol. The zero-order valence-electron chi connectivity index (χ0n) is 9.06. The summed E-state index contributed by atoms with van der Waals surface area (Å²) in [5.41, 5.74) is 0.411. The highest BCUT2D eigenvalue weighted by molar-refractivity contribution is 8.00. The Morgan fingerprint density at radius 2 is 1.93 bits per heavy atom. The molecule has 0 saturated heterocycles. The van der Waals surface area contributed by atoms with Crippen molar-refractivity contribution in [3.63, 3.8) is 0 Å². The maximum atomic E-state index is 11.0. The van der Waals surface area contributed by atoms with Crippen LogP contribution < -0.4 is 0 Å². The number of carboxylic acids is 1. The van der Waals surface area contributed by atoms with Crippen LogP contribution in [0.1, 0.15) is 37.0 Å². The molecule has 1 rings (SSSR count). The molecular weight excluding hydrogens is 208 g/mol. The van der Waals surface area contributed by atoms with Crippen LogP contribution in [0.3, 0.4) is 0 Å². The number of aromatic carboxylic acids is 1. The van der Waals surface area contributed by atoms with Gasteiger partial charge in [-0.3, -0.25) is 0 Å². The van der Waals surface area contributed by atoms with E-state index in [1.807, 2.05) is 12.1 Å². The van der Waals surface area contributed by atoms with Gasteiger partial charge in [0.15, 0.2) is 0 Å². The average Bonchev–Trinajstić information content (AvgIpc) is 2.26. The third kappa shape index (κ3) is 3.27.